The van der Waals surface area contributed by atoms with Gasteiger partial charge in [-0.15, -0.1) is 0 Å². The van der Waals surface area contributed by atoms with Crippen molar-refractivity contribution in [2.75, 3.05) is 4.72 Å². The number of alkyl halides is 3. The zero-order valence-corrected chi connectivity index (χ0v) is 14.2. The van der Waals surface area contributed by atoms with Crippen molar-refractivity contribution in [3.05, 3.63) is 77.9 Å². The summed E-state index contributed by atoms with van der Waals surface area (Å²) < 4.78 is 62.9. The van der Waals surface area contributed by atoms with E-state index in [0.717, 1.165) is 10.9 Å². The molecular formula is C19H14F3NO2S. The zero-order chi connectivity index (χ0) is 18.8. The fourth-order valence-corrected chi connectivity index (χ4v) is 3.02. The van der Waals surface area contributed by atoms with E-state index in [2.05, 4.69) is 0 Å². The minimum Gasteiger partial charge on any atom is -0.275 e. The molecule has 0 aliphatic heterocycles. The van der Waals surface area contributed by atoms with Gasteiger partial charge in [-0.1, -0.05) is 66.7 Å². The molecule has 0 fully saturated rings. The monoisotopic (exact) mass is 377 g/mol. The Labute approximate surface area is 148 Å². The first-order chi connectivity index (χ1) is 12.3. The highest BCUT2D eigenvalue weighted by Crippen LogP contribution is 2.31. The number of halogens is 3. The van der Waals surface area contributed by atoms with Gasteiger partial charge in [-0.2, -0.15) is 21.6 Å². The second-order valence-corrected chi connectivity index (χ2v) is 7.26. The first kappa shape index (κ1) is 18.0. The Morgan fingerprint density at radius 1 is 0.808 bits per heavy atom. The quantitative estimate of drug-likeness (QED) is 0.630. The number of hydrogen-bond acceptors (Lipinski definition) is 2. The molecule has 0 radical (unpaired) electrons. The van der Waals surface area contributed by atoms with Crippen molar-refractivity contribution < 1.29 is 21.6 Å². The van der Waals surface area contributed by atoms with Crippen LogP contribution >= 0.6 is 0 Å². The van der Waals surface area contributed by atoms with Crippen LogP contribution < -0.4 is 4.72 Å². The van der Waals surface area contributed by atoms with E-state index < -0.39 is 15.5 Å². The van der Waals surface area contributed by atoms with Crippen LogP contribution in [0.15, 0.2) is 66.7 Å². The highest BCUT2D eigenvalue weighted by atomic mass is 32.2. The van der Waals surface area contributed by atoms with Gasteiger partial charge in [-0.25, -0.2) is 0 Å². The van der Waals surface area contributed by atoms with E-state index in [0.29, 0.717) is 10.9 Å². The van der Waals surface area contributed by atoms with Crippen LogP contribution in [0.3, 0.4) is 0 Å². The molecule has 7 heteroatoms. The molecule has 3 rings (SSSR count). The van der Waals surface area contributed by atoms with Gasteiger partial charge >= 0.3 is 15.5 Å². The van der Waals surface area contributed by atoms with Gasteiger partial charge in [0.1, 0.15) is 0 Å². The summed E-state index contributed by atoms with van der Waals surface area (Å²) in [6, 6.07) is 19.2. The predicted octanol–water partition coefficient (Wildman–Crippen LogP) is 5.27. The highest BCUT2D eigenvalue weighted by Gasteiger charge is 2.46. The molecular weight excluding hydrogens is 363 g/mol. The smallest absolute Gasteiger partial charge is 0.275 e. The Hall–Kier alpha value is -2.80. The molecule has 0 heterocycles. The lowest BCUT2D eigenvalue weighted by molar-refractivity contribution is -0.0429. The maximum atomic E-state index is 12.7. The molecule has 0 bridgehead atoms. The van der Waals surface area contributed by atoms with Crippen molar-refractivity contribution in [1.29, 1.82) is 0 Å². The van der Waals surface area contributed by atoms with E-state index >= 15 is 0 Å². The van der Waals surface area contributed by atoms with Crippen molar-refractivity contribution in [3.8, 4) is 0 Å². The van der Waals surface area contributed by atoms with Gasteiger partial charge in [-0.05, 0) is 34.0 Å². The molecule has 1 N–H and O–H groups in total. The fourth-order valence-electron chi connectivity index (χ4n) is 2.44. The summed E-state index contributed by atoms with van der Waals surface area (Å²) in [7, 11) is -5.51. The Morgan fingerprint density at radius 3 is 2.00 bits per heavy atom. The van der Waals surface area contributed by atoms with Crippen LogP contribution in [0.5, 0.6) is 0 Å². The second kappa shape index (κ2) is 6.84. The molecule has 26 heavy (non-hydrogen) atoms. The lowest BCUT2D eigenvalue weighted by atomic mass is 10.0. The molecule has 0 atom stereocenters. The Kier molecular flexibility index (Phi) is 4.73. The zero-order valence-electron chi connectivity index (χ0n) is 13.4. The van der Waals surface area contributed by atoms with Crippen molar-refractivity contribution >= 4 is 38.6 Å². The third-order valence-electron chi connectivity index (χ3n) is 3.72. The average molecular weight is 377 g/mol. The summed E-state index contributed by atoms with van der Waals surface area (Å²) in [5.41, 5.74) is -4.35. The molecule has 3 aromatic rings. The van der Waals surface area contributed by atoms with Crippen molar-refractivity contribution in [1.82, 2.24) is 0 Å². The van der Waals surface area contributed by atoms with Crippen LogP contribution in [0.4, 0.5) is 18.9 Å². The number of nitrogens with one attached hydrogen (secondary N) is 1. The molecule has 0 amide bonds. The molecule has 0 aliphatic rings. The highest BCUT2D eigenvalue weighted by molar-refractivity contribution is 7.93. The summed E-state index contributed by atoms with van der Waals surface area (Å²) in [5.74, 6) is 0. The van der Waals surface area contributed by atoms with Crippen LogP contribution in [-0.4, -0.2) is 13.9 Å². The Morgan fingerprint density at radius 2 is 1.38 bits per heavy atom. The van der Waals surface area contributed by atoms with Crippen LogP contribution in [0.2, 0.25) is 0 Å². The van der Waals surface area contributed by atoms with E-state index in [4.69, 9.17) is 0 Å². The van der Waals surface area contributed by atoms with Crippen LogP contribution in [0.25, 0.3) is 22.9 Å². The Balaban J connectivity index is 2.09. The average Bonchev–Trinajstić information content (AvgIpc) is 2.59. The summed E-state index contributed by atoms with van der Waals surface area (Å²) >= 11 is 0. The van der Waals surface area contributed by atoms with Gasteiger partial charge in [0.15, 0.2) is 0 Å². The number of rotatable bonds is 4. The maximum absolute atomic E-state index is 12.7. The third-order valence-corrected chi connectivity index (χ3v) is 4.82. The van der Waals surface area contributed by atoms with Crippen LogP contribution in [-0.2, 0) is 10.0 Å². The minimum absolute atomic E-state index is 0.131. The largest absolute Gasteiger partial charge is 0.516 e. The van der Waals surface area contributed by atoms with Gasteiger partial charge < -0.3 is 0 Å². The van der Waals surface area contributed by atoms with Gasteiger partial charge in [0.2, 0.25) is 0 Å². The predicted molar refractivity (Wildman–Crippen MR) is 97.9 cm³/mol. The fraction of sp³-hybridized carbons (Fsp3) is 0.0526. The van der Waals surface area contributed by atoms with Crippen molar-refractivity contribution in [2.24, 2.45) is 0 Å². The van der Waals surface area contributed by atoms with E-state index in [9.17, 15) is 21.6 Å². The van der Waals surface area contributed by atoms with Gasteiger partial charge in [-0.3, -0.25) is 4.72 Å². The van der Waals surface area contributed by atoms with E-state index in [1.165, 1.54) is 6.07 Å². The maximum Gasteiger partial charge on any atom is 0.516 e. The number of anilines is 1. The van der Waals surface area contributed by atoms with E-state index in [-0.39, 0.29) is 5.69 Å². The summed E-state index contributed by atoms with van der Waals surface area (Å²) in [6.07, 6.45) is 3.28. The number of benzene rings is 3. The lowest BCUT2D eigenvalue weighted by Crippen LogP contribution is -2.30. The molecule has 134 valence electrons. The van der Waals surface area contributed by atoms with Crippen molar-refractivity contribution in [2.45, 2.75) is 5.51 Å². The second-order valence-electron chi connectivity index (χ2n) is 5.58. The number of hydrogen-bond donors (Lipinski definition) is 1. The molecule has 3 aromatic carbocycles. The third kappa shape index (κ3) is 3.88. The lowest BCUT2D eigenvalue weighted by Gasteiger charge is -2.14. The molecule has 0 aromatic heterocycles. The minimum atomic E-state index is -5.51. The van der Waals surface area contributed by atoms with Gasteiger partial charge in [0.05, 0.1) is 5.69 Å². The first-order valence-electron chi connectivity index (χ1n) is 7.61. The summed E-state index contributed by atoms with van der Waals surface area (Å²) in [4.78, 5) is 0. The van der Waals surface area contributed by atoms with Crippen LogP contribution in [0, 0.1) is 0 Å². The van der Waals surface area contributed by atoms with Crippen LogP contribution in [0.1, 0.15) is 11.1 Å². The molecule has 0 aliphatic carbocycles. The van der Waals surface area contributed by atoms with E-state index in [1.807, 2.05) is 30.3 Å². The van der Waals surface area contributed by atoms with Gasteiger partial charge in [0, 0.05) is 0 Å². The summed E-state index contributed by atoms with van der Waals surface area (Å²) in [6.45, 7) is 0. The summed E-state index contributed by atoms with van der Waals surface area (Å²) in [5, 5.41) is 1.42. The first-order valence-corrected chi connectivity index (χ1v) is 9.10. The molecule has 0 saturated heterocycles. The SMILES string of the molecule is O=S(=O)(Nc1cc2ccccc2cc1/C=C/c1ccccc1)C(F)(F)F. The number of sulfonamides is 1. The molecule has 0 spiro atoms. The molecule has 0 saturated carbocycles. The van der Waals surface area contributed by atoms with Crippen molar-refractivity contribution in [3.63, 3.8) is 0 Å². The molecule has 3 nitrogen and oxygen atoms in total. The van der Waals surface area contributed by atoms with E-state index in [1.54, 1.807) is 47.2 Å². The van der Waals surface area contributed by atoms with Gasteiger partial charge in [0.25, 0.3) is 0 Å². The topological polar surface area (TPSA) is 46.2 Å². The number of fused-ring (bicyclic) bond motifs is 1. The Bertz CT molecular complexity index is 1060. The molecule has 0 unspecified atom stereocenters. The normalized spacial score (nSPS) is 12.6. The standard InChI is InChI=1S/C19H14F3NO2S/c20-19(21,22)26(24,25)23-18-13-16-9-5-4-8-15(16)12-17(18)11-10-14-6-2-1-3-7-14/h1-13,23H/b11-10+.